The Balaban J connectivity index is 1.87. The van der Waals surface area contributed by atoms with E-state index < -0.39 is 10.0 Å². The zero-order valence-corrected chi connectivity index (χ0v) is 14.9. The molecule has 1 amide bonds. The van der Waals surface area contributed by atoms with E-state index in [1.54, 1.807) is 6.07 Å². The van der Waals surface area contributed by atoms with Gasteiger partial charge in [0.25, 0.3) is 0 Å². The van der Waals surface area contributed by atoms with Crippen LogP contribution in [0.4, 0.5) is 0 Å². The number of rotatable bonds is 3. The Labute approximate surface area is 146 Å². The van der Waals surface area contributed by atoms with Gasteiger partial charge in [-0.1, -0.05) is 29.3 Å². The van der Waals surface area contributed by atoms with Crippen molar-refractivity contribution in [3.05, 3.63) is 28.2 Å². The van der Waals surface area contributed by atoms with Crippen LogP contribution >= 0.6 is 23.2 Å². The summed E-state index contributed by atoms with van der Waals surface area (Å²) in [6, 6.07) is 4.60. The Kier molecular flexibility index (Phi) is 4.88. The lowest BCUT2D eigenvalue weighted by Gasteiger charge is -2.37. The van der Waals surface area contributed by atoms with Crippen LogP contribution in [-0.2, 0) is 14.8 Å². The first kappa shape index (κ1) is 17.0. The molecular formula is C15H18Cl2N2O3S. The Morgan fingerprint density at radius 1 is 1.09 bits per heavy atom. The Bertz CT molecular complexity index is 703. The Hall–Kier alpha value is -0.820. The molecule has 5 nitrogen and oxygen atoms in total. The lowest BCUT2D eigenvalue weighted by Crippen LogP contribution is -2.50. The maximum atomic E-state index is 12.9. The largest absolute Gasteiger partial charge is 0.338 e. The fourth-order valence-electron chi connectivity index (χ4n) is 3.31. The maximum Gasteiger partial charge on any atom is 0.246 e. The summed E-state index contributed by atoms with van der Waals surface area (Å²) < 4.78 is 27.3. The van der Waals surface area contributed by atoms with E-state index in [4.69, 9.17) is 23.2 Å². The minimum Gasteiger partial charge on any atom is -0.338 e. The molecule has 0 bridgehead atoms. The van der Waals surface area contributed by atoms with E-state index in [1.807, 2.05) is 4.90 Å². The van der Waals surface area contributed by atoms with Crippen LogP contribution in [0.5, 0.6) is 0 Å². The van der Waals surface area contributed by atoms with E-state index in [2.05, 4.69) is 0 Å². The first-order chi connectivity index (χ1) is 10.9. The molecule has 3 rings (SSSR count). The Morgan fingerprint density at radius 2 is 1.78 bits per heavy atom. The van der Waals surface area contributed by atoms with E-state index >= 15 is 0 Å². The van der Waals surface area contributed by atoms with Crippen molar-refractivity contribution in [2.75, 3.05) is 19.6 Å². The first-order valence-electron chi connectivity index (χ1n) is 7.65. The quantitative estimate of drug-likeness (QED) is 0.814. The van der Waals surface area contributed by atoms with Gasteiger partial charge in [-0.2, -0.15) is 4.31 Å². The molecule has 1 unspecified atom stereocenters. The van der Waals surface area contributed by atoms with Gasteiger partial charge in [-0.15, -0.1) is 0 Å². The predicted molar refractivity (Wildman–Crippen MR) is 89.2 cm³/mol. The van der Waals surface area contributed by atoms with Gasteiger partial charge in [-0.3, -0.25) is 4.79 Å². The summed E-state index contributed by atoms with van der Waals surface area (Å²) in [6.07, 6.45) is 2.95. The number of likely N-dealkylation sites (tertiary alicyclic amines) is 1. The number of amides is 1. The first-order valence-corrected chi connectivity index (χ1v) is 9.84. The number of carbonyl (C=O) groups is 1. The van der Waals surface area contributed by atoms with Crippen LogP contribution in [0.2, 0.25) is 10.0 Å². The van der Waals surface area contributed by atoms with Crippen LogP contribution in [0.15, 0.2) is 23.1 Å². The van der Waals surface area contributed by atoms with Gasteiger partial charge in [0, 0.05) is 32.1 Å². The molecule has 0 aliphatic carbocycles. The van der Waals surface area contributed by atoms with Crippen molar-refractivity contribution in [3.8, 4) is 0 Å². The average molecular weight is 377 g/mol. The fourth-order valence-corrected chi connectivity index (χ4v) is 5.91. The predicted octanol–water partition coefficient (Wildman–Crippen LogP) is 2.77. The van der Waals surface area contributed by atoms with Gasteiger partial charge in [0.2, 0.25) is 15.9 Å². The summed E-state index contributed by atoms with van der Waals surface area (Å²) in [7, 11) is -3.77. The van der Waals surface area contributed by atoms with Crippen molar-refractivity contribution in [2.24, 2.45) is 0 Å². The molecule has 1 atom stereocenters. The lowest BCUT2D eigenvalue weighted by atomic mass is 10.1. The highest BCUT2D eigenvalue weighted by atomic mass is 35.5. The topological polar surface area (TPSA) is 57.7 Å². The fraction of sp³-hybridized carbons (Fsp3) is 0.533. The molecule has 0 radical (unpaired) electrons. The second-order valence-electron chi connectivity index (χ2n) is 5.90. The summed E-state index contributed by atoms with van der Waals surface area (Å²) >= 11 is 12.1. The zero-order chi connectivity index (χ0) is 16.6. The second kappa shape index (κ2) is 6.59. The summed E-state index contributed by atoms with van der Waals surface area (Å²) in [5.74, 6) is 0.116. The van der Waals surface area contributed by atoms with E-state index in [1.165, 1.54) is 16.4 Å². The molecule has 0 saturated carbocycles. The van der Waals surface area contributed by atoms with E-state index in [0.29, 0.717) is 26.1 Å². The minimum absolute atomic E-state index is 0.0447. The van der Waals surface area contributed by atoms with Crippen molar-refractivity contribution < 1.29 is 13.2 Å². The summed E-state index contributed by atoms with van der Waals surface area (Å²) in [5.41, 5.74) is 0. The van der Waals surface area contributed by atoms with Crippen molar-refractivity contribution in [2.45, 2.75) is 36.6 Å². The van der Waals surface area contributed by atoms with Gasteiger partial charge in [0.15, 0.2) is 0 Å². The third-order valence-electron chi connectivity index (χ3n) is 4.43. The summed E-state index contributed by atoms with van der Waals surface area (Å²) in [6.45, 7) is 1.43. The molecule has 126 valence electrons. The number of hydrogen-bond acceptors (Lipinski definition) is 3. The second-order valence-corrected chi connectivity index (χ2v) is 8.59. The molecule has 2 fully saturated rings. The van der Waals surface area contributed by atoms with Crippen LogP contribution in [0.3, 0.4) is 0 Å². The summed E-state index contributed by atoms with van der Waals surface area (Å²) in [5, 5.41) is 0.244. The minimum atomic E-state index is -3.77. The number of carbonyl (C=O) groups excluding carboxylic acids is 1. The van der Waals surface area contributed by atoms with Crippen LogP contribution in [-0.4, -0.2) is 49.2 Å². The third-order valence-corrected chi connectivity index (χ3v) is 7.25. The zero-order valence-electron chi connectivity index (χ0n) is 12.5. The van der Waals surface area contributed by atoms with E-state index in [0.717, 1.165) is 19.3 Å². The molecule has 1 aromatic carbocycles. The highest BCUT2D eigenvalue weighted by Crippen LogP contribution is 2.33. The monoisotopic (exact) mass is 376 g/mol. The number of piperidine rings is 1. The van der Waals surface area contributed by atoms with Gasteiger partial charge in [-0.05, 0) is 31.4 Å². The number of benzene rings is 1. The van der Waals surface area contributed by atoms with Crippen molar-refractivity contribution in [1.82, 2.24) is 9.21 Å². The Morgan fingerprint density at radius 3 is 2.39 bits per heavy atom. The molecular weight excluding hydrogens is 359 g/mol. The van der Waals surface area contributed by atoms with Crippen LogP contribution in [0, 0.1) is 0 Å². The molecule has 23 heavy (non-hydrogen) atoms. The molecule has 1 aromatic rings. The number of nitrogens with zero attached hydrogens (tertiary/aromatic N) is 2. The van der Waals surface area contributed by atoms with Gasteiger partial charge >= 0.3 is 0 Å². The van der Waals surface area contributed by atoms with Crippen molar-refractivity contribution in [3.63, 3.8) is 0 Å². The molecule has 2 saturated heterocycles. The van der Waals surface area contributed by atoms with E-state index in [-0.39, 0.29) is 26.9 Å². The molecule has 0 aromatic heterocycles. The van der Waals surface area contributed by atoms with Crippen molar-refractivity contribution in [1.29, 1.82) is 0 Å². The highest BCUT2D eigenvalue weighted by molar-refractivity contribution is 7.89. The number of halogens is 2. The van der Waals surface area contributed by atoms with Crippen LogP contribution in [0.1, 0.15) is 25.7 Å². The van der Waals surface area contributed by atoms with Gasteiger partial charge in [0.05, 0.1) is 10.0 Å². The molecule has 2 aliphatic rings. The van der Waals surface area contributed by atoms with Crippen LogP contribution in [0.25, 0.3) is 0 Å². The third kappa shape index (κ3) is 3.22. The van der Waals surface area contributed by atoms with Crippen molar-refractivity contribution >= 4 is 39.1 Å². The molecule has 2 aliphatic heterocycles. The molecule has 2 heterocycles. The van der Waals surface area contributed by atoms with E-state index in [9.17, 15) is 13.2 Å². The van der Waals surface area contributed by atoms with Crippen LogP contribution < -0.4 is 0 Å². The van der Waals surface area contributed by atoms with Gasteiger partial charge in [0.1, 0.15) is 4.90 Å². The number of hydrogen-bond donors (Lipinski definition) is 0. The average Bonchev–Trinajstić information content (AvgIpc) is 2.93. The molecule has 0 N–H and O–H groups in total. The van der Waals surface area contributed by atoms with Gasteiger partial charge in [-0.25, -0.2) is 8.42 Å². The maximum absolute atomic E-state index is 12.9. The number of sulfonamides is 1. The lowest BCUT2D eigenvalue weighted by molar-refractivity contribution is -0.130. The normalized spacial score (nSPS) is 23.5. The summed E-state index contributed by atoms with van der Waals surface area (Å²) in [4.78, 5) is 13.7. The molecule has 8 heteroatoms. The highest BCUT2D eigenvalue weighted by Gasteiger charge is 2.37. The smallest absolute Gasteiger partial charge is 0.246 e. The van der Waals surface area contributed by atoms with Gasteiger partial charge < -0.3 is 4.90 Å². The standard InChI is InChI=1S/C15H18Cl2N2O3S/c16-12-5-1-6-13(17)15(12)23(21,22)18-8-2-4-11(10-18)19-9-3-7-14(19)20/h1,5-6,11H,2-4,7-10H2. The SMILES string of the molecule is O=C1CCCN1C1CCCN(S(=O)(=O)c2c(Cl)cccc2Cl)C1. The molecule has 0 spiro atoms.